The number of carbonyl (C=O) groups is 1. The molecule has 8 heteroatoms. The molecule has 0 atom stereocenters. The number of nitrogens with zero attached hydrogens (tertiary/aromatic N) is 6. The molecule has 8 nitrogen and oxygen atoms in total. The fourth-order valence-electron chi connectivity index (χ4n) is 2.55. The lowest BCUT2D eigenvalue weighted by atomic mass is 10.2. The van der Waals surface area contributed by atoms with Gasteiger partial charge in [0.05, 0.1) is 6.33 Å². The zero-order valence-electron chi connectivity index (χ0n) is 14.8. The Morgan fingerprint density at radius 1 is 1.19 bits per heavy atom. The Balaban J connectivity index is 1.65. The summed E-state index contributed by atoms with van der Waals surface area (Å²) in [5, 5.41) is 0. The van der Waals surface area contributed by atoms with Crippen LogP contribution in [0.5, 0.6) is 0 Å². The van der Waals surface area contributed by atoms with Crippen molar-refractivity contribution >= 4 is 17.9 Å². The van der Waals surface area contributed by atoms with Crippen molar-refractivity contribution in [1.82, 2.24) is 29.4 Å². The molecule has 0 spiro atoms. The molecule has 3 rings (SSSR count). The molecule has 0 saturated heterocycles. The van der Waals surface area contributed by atoms with Crippen LogP contribution in [0.2, 0.25) is 0 Å². The average Bonchev–Trinajstić information content (AvgIpc) is 3.21. The minimum absolute atomic E-state index is 0.0821. The van der Waals surface area contributed by atoms with Gasteiger partial charge in [-0.1, -0.05) is 6.07 Å². The second kappa shape index (κ2) is 9.23. The standard InChI is InChI=1S/C19H21N7O/c20-19-23-12-16(13-24-19)4-5-18(27)26(14-17-3-1-6-21-11-17)9-2-8-25-10-7-22-15-25/h1,3-7,10-13,15H,2,8-9,14H2,(H2,20,23,24)/b5-4+. The predicted octanol–water partition coefficient (Wildman–Crippen LogP) is 1.78. The Kier molecular flexibility index (Phi) is 6.24. The summed E-state index contributed by atoms with van der Waals surface area (Å²) in [7, 11) is 0. The van der Waals surface area contributed by atoms with Gasteiger partial charge >= 0.3 is 0 Å². The zero-order valence-corrected chi connectivity index (χ0v) is 14.8. The summed E-state index contributed by atoms with van der Waals surface area (Å²) in [6.07, 6.45) is 16.1. The van der Waals surface area contributed by atoms with Gasteiger partial charge in [-0.3, -0.25) is 9.78 Å². The van der Waals surface area contributed by atoms with Crippen LogP contribution in [0.4, 0.5) is 5.95 Å². The summed E-state index contributed by atoms with van der Waals surface area (Å²) in [6, 6.07) is 3.83. The van der Waals surface area contributed by atoms with Gasteiger partial charge in [-0.15, -0.1) is 0 Å². The highest BCUT2D eigenvalue weighted by atomic mass is 16.2. The molecule has 0 aliphatic rings. The van der Waals surface area contributed by atoms with Crippen LogP contribution in [0.1, 0.15) is 17.5 Å². The van der Waals surface area contributed by atoms with Crippen LogP contribution in [0.3, 0.4) is 0 Å². The number of imidazole rings is 1. The normalized spacial score (nSPS) is 11.0. The van der Waals surface area contributed by atoms with Crippen molar-refractivity contribution in [2.24, 2.45) is 0 Å². The molecular formula is C19H21N7O. The lowest BCUT2D eigenvalue weighted by molar-refractivity contribution is -0.126. The van der Waals surface area contributed by atoms with E-state index in [1.54, 1.807) is 48.3 Å². The van der Waals surface area contributed by atoms with Crippen LogP contribution in [0.15, 0.2) is 61.7 Å². The first-order valence-electron chi connectivity index (χ1n) is 8.60. The number of anilines is 1. The first-order valence-corrected chi connectivity index (χ1v) is 8.60. The molecule has 3 aromatic rings. The van der Waals surface area contributed by atoms with E-state index in [1.807, 2.05) is 22.9 Å². The number of rotatable bonds is 8. The number of aromatic nitrogens is 5. The average molecular weight is 363 g/mol. The minimum Gasteiger partial charge on any atom is -0.368 e. The first kappa shape index (κ1) is 18.2. The Labute approximate surface area is 157 Å². The molecule has 0 aromatic carbocycles. The summed E-state index contributed by atoms with van der Waals surface area (Å²) in [4.78, 5) is 30.5. The number of nitrogen functional groups attached to an aromatic ring is 1. The van der Waals surface area contributed by atoms with E-state index in [4.69, 9.17) is 5.73 Å². The Morgan fingerprint density at radius 3 is 2.74 bits per heavy atom. The third-order valence-corrected chi connectivity index (χ3v) is 3.92. The van der Waals surface area contributed by atoms with Gasteiger partial charge in [0.2, 0.25) is 11.9 Å². The van der Waals surface area contributed by atoms with E-state index >= 15 is 0 Å². The van der Waals surface area contributed by atoms with Gasteiger partial charge in [0.15, 0.2) is 0 Å². The number of amides is 1. The molecule has 1 amide bonds. The van der Waals surface area contributed by atoms with E-state index in [-0.39, 0.29) is 11.9 Å². The van der Waals surface area contributed by atoms with Gasteiger partial charge < -0.3 is 15.2 Å². The van der Waals surface area contributed by atoms with Gasteiger partial charge in [0.1, 0.15) is 0 Å². The third kappa shape index (κ3) is 5.74. The topological polar surface area (TPSA) is 103 Å². The number of pyridine rings is 1. The Hall–Kier alpha value is -3.55. The van der Waals surface area contributed by atoms with Crippen molar-refractivity contribution in [3.63, 3.8) is 0 Å². The van der Waals surface area contributed by atoms with Crippen molar-refractivity contribution in [3.8, 4) is 0 Å². The number of nitrogens with two attached hydrogens (primary N) is 1. The first-order chi connectivity index (χ1) is 13.2. The largest absolute Gasteiger partial charge is 0.368 e. The minimum atomic E-state index is -0.0821. The highest BCUT2D eigenvalue weighted by Gasteiger charge is 2.11. The second-order valence-electron chi connectivity index (χ2n) is 5.98. The van der Waals surface area contributed by atoms with Crippen molar-refractivity contribution in [2.45, 2.75) is 19.5 Å². The van der Waals surface area contributed by atoms with Gasteiger partial charge in [0, 0.05) is 68.5 Å². The highest BCUT2D eigenvalue weighted by Crippen LogP contribution is 2.07. The van der Waals surface area contributed by atoms with Crippen molar-refractivity contribution in [3.05, 3.63) is 72.8 Å². The molecule has 0 saturated carbocycles. The van der Waals surface area contributed by atoms with E-state index in [1.165, 1.54) is 6.08 Å². The quantitative estimate of drug-likeness (QED) is 0.612. The Bertz CT molecular complexity index is 861. The smallest absolute Gasteiger partial charge is 0.246 e. The molecule has 2 N–H and O–H groups in total. The maximum absolute atomic E-state index is 12.7. The number of hydrogen-bond acceptors (Lipinski definition) is 6. The molecule has 3 aromatic heterocycles. The summed E-state index contributed by atoms with van der Waals surface area (Å²) in [5.74, 6) is 0.123. The van der Waals surface area contributed by atoms with E-state index in [0.717, 1.165) is 24.1 Å². The zero-order chi connectivity index (χ0) is 18.9. The summed E-state index contributed by atoms with van der Waals surface area (Å²) >= 11 is 0. The fourth-order valence-corrected chi connectivity index (χ4v) is 2.55. The fraction of sp³-hybridized carbons (Fsp3) is 0.211. The lowest BCUT2D eigenvalue weighted by Gasteiger charge is -2.21. The molecular weight excluding hydrogens is 342 g/mol. The molecule has 0 radical (unpaired) electrons. The summed E-state index contributed by atoms with van der Waals surface area (Å²) < 4.78 is 1.99. The summed E-state index contributed by atoms with van der Waals surface area (Å²) in [6.45, 7) is 1.92. The van der Waals surface area contributed by atoms with E-state index < -0.39 is 0 Å². The predicted molar refractivity (Wildman–Crippen MR) is 102 cm³/mol. The molecule has 138 valence electrons. The highest BCUT2D eigenvalue weighted by molar-refractivity contribution is 5.91. The number of carbonyl (C=O) groups excluding carboxylic acids is 1. The second-order valence-corrected chi connectivity index (χ2v) is 5.98. The van der Waals surface area contributed by atoms with Crippen LogP contribution in [-0.2, 0) is 17.9 Å². The van der Waals surface area contributed by atoms with Crippen LogP contribution in [0.25, 0.3) is 6.08 Å². The van der Waals surface area contributed by atoms with Crippen LogP contribution in [0, 0.1) is 0 Å². The maximum atomic E-state index is 12.7. The van der Waals surface area contributed by atoms with Gasteiger partial charge in [0.25, 0.3) is 0 Å². The van der Waals surface area contributed by atoms with Crippen LogP contribution < -0.4 is 5.73 Å². The SMILES string of the molecule is Nc1ncc(/C=C/C(=O)N(CCCn2ccnc2)Cc2cccnc2)cn1. The van der Waals surface area contributed by atoms with Gasteiger partial charge in [-0.25, -0.2) is 15.0 Å². The van der Waals surface area contributed by atoms with Gasteiger partial charge in [-0.05, 0) is 24.1 Å². The molecule has 0 aliphatic heterocycles. The van der Waals surface area contributed by atoms with Gasteiger partial charge in [-0.2, -0.15) is 0 Å². The molecule has 0 fully saturated rings. The molecule has 3 heterocycles. The van der Waals surface area contributed by atoms with Crippen LogP contribution in [-0.4, -0.2) is 41.9 Å². The van der Waals surface area contributed by atoms with E-state index in [2.05, 4.69) is 19.9 Å². The number of hydrogen-bond donors (Lipinski definition) is 1. The lowest BCUT2D eigenvalue weighted by Crippen LogP contribution is -2.30. The van der Waals surface area contributed by atoms with E-state index in [9.17, 15) is 4.79 Å². The molecule has 0 aliphatic carbocycles. The van der Waals surface area contributed by atoms with Crippen molar-refractivity contribution < 1.29 is 4.79 Å². The van der Waals surface area contributed by atoms with E-state index in [0.29, 0.717) is 13.1 Å². The van der Waals surface area contributed by atoms with Crippen molar-refractivity contribution in [2.75, 3.05) is 12.3 Å². The molecule has 0 bridgehead atoms. The van der Waals surface area contributed by atoms with Crippen molar-refractivity contribution in [1.29, 1.82) is 0 Å². The third-order valence-electron chi connectivity index (χ3n) is 3.92. The molecule has 0 unspecified atom stereocenters. The summed E-state index contributed by atoms with van der Waals surface area (Å²) in [5.41, 5.74) is 7.18. The maximum Gasteiger partial charge on any atom is 0.246 e. The Morgan fingerprint density at radius 2 is 2.04 bits per heavy atom. The monoisotopic (exact) mass is 363 g/mol. The molecule has 27 heavy (non-hydrogen) atoms. The van der Waals surface area contributed by atoms with Crippen LogP contribution >= 0.6 is 0 Å². The number of aryl methyl sites for hydroxylation is 1.